The van der Waals surface area contributed by atoms with E-state index < -0.39 is 0 Å². The zero-order valence-electron chi connectivity index (χ0n) is 9.32. The molecule has 1 aromatic heterocycles. The van der Waals surface area contributed by atoms with Gasteiger partial charge in [0.05, 0.1) is 4.47 Å². The predicted molar refractivity (Wildman–Crippen MR) is 74.5 cm³/mol. The van der Waals surface area contributed by atoms with Gasteiger partial charge in [-0.1, -0.05) is 17.8 Å². The number of fused-ring (bicyclic) bond motifs is 1. The van der Waals surface area contributed by atoms with Gasteiger partial charge in [-0.05, 0) is 70.6 Å². The van der Waals surface area contributed by atoms with Crippen molar-refractivity contribution < 1.29 is 0 Å². The number of benzene rings is 1. The summed E-state index contributed by atoms with van der Waals surface area (Å²) in [4.78, 5) is 5.67. The summed E-state index contributed by atoms with van der Waals surface area (Å²) in [6, 6.07) is 10.8. The number of hydrogen-bond donors (Lipinski definition) is 0. The molecule has 0 amide bonds. The molecule has 0 radical (unpaired) electrons. The fourth-order valence-electron chi connectivity index (χ4n) is 2.17. The number of halogens is 1. The zero-order chi connectivity index (χ0) is 11.7. The van der Waals surface area contributed by atoms with E-state index in [1.807, 2.05) is 18.3 Å². The maximum atomic E-state index is 4.38. The highest BCUT2D eigenvalue weighted by atomic mass is 79.9. The lowest BCUT2D eigenvalue weighted by atomic mass is 10.1. The molecule has 0 spiro atoms. The highest BCUT2D eigenvalue weighted by Crippen LogP contribution is 2.34. The third-order valence-corrected chi connectivity index (χ3v) is 4.92. The van der Waals surface area contributed by atoms with E-state index in [4.69, 9.17) is 0 Å². The first-order chi connectivity index (χ1) is 8.33. The normalized spacial score (nSPS) is 13.7. The molecule has 0 saturated heterocycles. The Labute approximate surface area is 114 Å². The number of hydrogen-bond acceptors (Lipinski definition) is 2. The monoisotopic (exact) mass is 305 g/mol. The van der Waals surface area contributed by atoms with Crippen molar-refractivity contribution in [2.45, 2.75) is 29.2 Å². The third-order valence-electron chi connectivity index (χ3n) is 3.01. The topological polar surface area (TPSA) is 12.9 Å². The van der Waals surface area contributed by atoms with Gasteiger partial charge in [0.15, 0.2) is 0 Å². The number of rotatable bonds is 2. The summed E-state index contributed by atoms with van der Waals surface area (Å²) in [5.41, 5.74) is 3.04. The lowest BCUT2D eigenvalue weighted by Crippen LogP contribution is -1.84. The second-order valence-corrected chi connectivity index (χ2v) is 6.09. The van der Waals surface area contributed by atoms with Crippen LogP contribution in [0, 0.1) is 0 Å². The molecule has 0 N–H and O–H groups in total. The largest absolute Gasteiger partial charge is 0.248 e. The van der Waals surface area contributed by atoms with Crippen molar-refractivity contribution in [3.05, 3.63) is 52.1 Å². The van der Waals surface area contributed by atoms with E-state index in [-0.39, 0.29) is 0 Å². The molecule has 3 heteroatoms. The Kier molecular flexibility index (Phi) is 3.21. The number of pyridine rings is 1. The van der Waals surface area contributed by atoms with E-state index in [0.29, 0.717) is 0 Å². The predicted octanol–water partition coefficient (Wildman–Crippen LogP) is 4.48. The number of aryl methyl sites for hydroxylation is 2. The number of nitrogens with zero attached hydrogens (tertiary/aromatic N) is 1. The van der Waals surface area contributed by atoms with Gasteiger partial charge in [0.1, 0.15) is 5.03 Å². The average molecular weight is 306 g/mol. The van der Waals surface area contributed by atoms with Crippen molar-refractivity contribution in [3.63, 3.8) is 0 Å². The van der Waals surface area contributed by atoms with Gasteiger partial charge in [-0.15, -0.1) is 0 Å². The van der Waals surface area contributed by atoms with Gasteiger partial charge in [-0.3, -0.25) is 0 Å². The number of aromatic nitrogens is 1. The Morgan fingerprint density at radius 3 is 2.88 bits per heavy atom. The molecule has 0 saturated carbocycles. The SMILES string of the molecule is Brc1cccnc1Sc1ccc2c(c1)CCC2. The molecular weight excluding hydrogens is 294 g/mol. The van der Waals surface area contributed by atoms with Crippen LogP contribution in [-0.2, 0) is 12.8 Å². The lowest BCUT2D eigenvalue weighted by Gasteiger charge is -2.05. The summed E-state index contributed by atoms with van der Waals surface area (Å²) >= 11 is 5.26. The van der Waals surface area contributed by atoms with Crippen molar-refractivity contribution in [3.8, 4) is 0 Å². The summed E-state index contributed by atoms with van der Waals surface area (Å²) in [6.07, 6.45) is 5.61. The Morgan fingerprint density at radius 2 is 2.00 bits per heavy atom. The fourth-order valence-corrected chi connectivity index (χ4v) is 3.51. The second-order valence-electron chi connectivity index (χ2n) is 4.18. The molecule has 0 aliphatic heterocycles. The highest BCUT2D eigenvalue weighted by Gasteiger charge is 2.11. The van der Waals surface area contributed by atoms with Crippen LogP contribution >= 0.6 is 27.7 Å². The Morgan fingerprint density at radius 1 is 1.12 bits per heavy atom. The van der Waals surface area contributed by atoms with Gasteiger partial charge in [0.2, 0.25) is 0 Å². The molecule has 0 fully saturated rings. The van der Waals surface area contributed by atoms with Gasteiger partial charge in [-0.25, -0.2) is 4.98 Å². The molecule has 1 aliphatic carbocycles. The quantitative estimate of drug-likeness (QED) is 0.811. The van der Waals surface area contributed by atoms with Crippen molar-refractivity contribution in [1.82, 2.24) is 4.98 Å². The summed E-state index contributed by atoms with van der Waals surface area (Å²) in [5.74, 6) is 0. The van der Waals surface area contributed by atoms with Gasteiger partial charge >= 0.3 is 0 Å². The maximum absolute atomic E-state index is 4.38. The van der Waals surface area contributed by atoms with Gasteiger partial charge in [0.25, 0.3) is 0 Å². The lowest BCUT2D eigenvalue weighted by molar-refractivity contribution is 0.911. The van der Waals surface area contributed by atoms with Crippen molar-refractivity contribution >= 4 is 27.7 Å². The molecular formula is C14H12BrNS. The molecule has 1 aromatic carbocycles. The summed E-state index contributed by atoms with van der Waals surface area (Å²) < 4.78 is 1.06. The maximum Gasteiger partial charge on any atom is 0.115 e. The van der Waals surface area contributed by atoms with E-state index in [0.717, 1.165) is 9.50 Å². The highest BCUT2D eigenvalue weighted by molar-refractivity contribution is 9.10. The fraction of sp³-hybridized carbons (Fsp3) is 0.214. The zero-order valence-corrected chi connectivity index (χ0v) is 11.7. The van der Waals surface area contributed by atoms with Crippen LogP contribution < -0.4 is 0 Å². The Bertz CT molecular complexity index is 554. The third kappa shape index (κ3) is 2.40. The standard InChI is InChI=1S/C14H12BrNS/c15-13-5-2-8-16-14(13)17-12-7-6-10-3-1-4-11(10)9-12/h2,5-9H,1,3-4H2. The van der Waals surface area contributed by atoms with Gasteiger partial charge in [0, 0.05) is 11.1 Å². The Balaban J connectivity index is 1.89. The van der Waals surface area contributed by atoms with E-state index in [2.05, 4.69) is 39.1 Å². The first kappa shape index (κ1) is 11.3. The Hall–Kier alpha value is -0.800. The molecule has 1 heterocycles. The van der Waals surface area contributed by atoms with Crippen LogP contribution in [0.15, 0.2) is 50.9 Å². The van der Waals surface area contributed by atoms with Crippen molar-refractivity contribution in [2.75, 3.05) is 0 Å². The van der Waals surface area contributed by atoms with Crippen LogP contribution in [0.4, 0.5) is 0 Å². The molecule has 86 valence electrons. The molecule has 3 rings (SSSR count). The molecule has 2 aromatic rings. The van der Waals surface area contributed by atoms with Crippen LogP contribution in [-0.4, -0.2) is 4.98 Å². The minimum absolute atomic E-state index is 1.03. The molecule has 0 unspecified atom stereocenters. The van der Waals surface area contributed by atoms with Crippen LogP contribution in [0.2, 0.25) is 0 Å². The van der Waals surface area contributed by atoms with Gasteiger partial charge in [-0.2, -0.15) is 0 Å². The van der Waals surface area contributed by atoms with Crippen molar-refractivity contribution in [2.24, 2.45) is 0 Å². The van der Waals surface area contributed by atoms with E-state index in [9.17, 15) is 0 Å². The summed E-state index contributed by atoms with van der Waals surface area (Å²) in [6.45, 7) is 0. The smallest absolute Gasteiger partial charge is 0.115 e. The van der Waals surface area contributed by atoms with E-state index in [1.165, 1.54) is 35.3 Å². The average Bonchev–Trinajstić information content (AvgIpc) is 2.79. The molecule has 17 heavy (non-hydrogen) atoms. The summed E-state index contributed by atoms with van der Waals surface area (Å²) in [7, 11) is 0. The van der Waals surface area contributed by atoms with Crippen LogP contribution in [0.25, 0.3) is 0 Å². The van der Waals surface area contributed by atoms with Crippen LogP contribution in [0.1, 0.15) is 17.5 Å². The molecule has 0 atom stereocenters. The van der Waals surface area contributed by atoms with Gasteiger partial charge < -0.3 is 0 Å². The molecule has 0 bridgehead atoms. The second kappa shape index (κ2) is 4.83. The molecule has 1 nitrogen and oxygen atoms in total. The summed E-state index contributed by atoms with van der Waals surface area (Å²) in [5, 5.41) is 1.03. The molecule has 1 aliphatic rings. The van der Waals surface area contributed by atoms with Crippen LogP contribution in [0.3, 0.4) is 0 Å². The minimum Gasteiger partial charge on any atom is -0.248 e. The van der Waals surface area contributed by atoms with Crippen LogP contribution in [0.5, 0.6) is 0 Å². The van der Waals surface area contributed by atoms with Crippen molar-refractivity contribution in [1.29, 1.82) is 0 Å². The first-order valence-corrected chi connectivity index (χ1v) is 7.34. The van der Waals surface area contributed by atoms with E-state index >= 15 is 0 Å². The minimum atomic E-state index is 1.03. The van der Waals surface area contributed by atoms with E-state index in [1.54, 1.807) is 11.8 Å². The first-order valence-electron chi connectivity index (χ1n) is 5.73.